The van der Waals surface area contributed by atoms with Gasteiger partial charge in [-0.3, -0.25) is 0 Å². The van der Waals surface area contributed by atoms with Crippen molar-refractivity contribution in [1.82, 2.24) is 15.3 Å². The Bertz CT molecular complexity index is 731. The van der Waals surface area contributed by atoms with Crippen molar-refractivity contribution in [2.45, 2.75) is 19.8 Å². The number of aromatic nitrogens is 2. The van der Waals surface area contributed by atoms with Gasteiger partial charge in [-0.15, -0.1) is 0 Å². The third-order valence-corrected chi connectivity index (χ3v) is 4.22. The van der Waals surface area contributed by atoms with Gasteiger partial charge in [-0.25, -0.2) is 14.8 Å². The van der Waals surface area contributed by atoms with Crippen molar-refractivity contribution in [1.29, 1.82) is 0 Å². The molecule has 2 heterocycles. The monoisotopic (exact) mass is 370 g/mol. The van der Waals surface area contributed by atoms with Crippen LogP contribution in [0.25, 0.3) is 0 Å². The molecule has 1 aliphatic heterocycles. The molecule has 1 aromatic heterocycles. The zero-order valence-electron chi connectivity index (χ0n) is 15.6. The first kappa shape index (κ1) is 18.8. The van der Waals surface area contributed by atoms with E-state index in [1.54, 1.807) is 6.33 Å². The summed E-state index contributed by atoms with van der Waals surface area (Å²) in [5.74, 6) is 2.50. The fourth-order valence-electron chi connectivity index (χ4n) is 2.91. The molecule has 8 heteroatoms. The number of urea groups is 1. The van der Waals surface area contributed by atoms with E-state index in [1.165, 1.54) is 12.8 Å². The van der Waals surface area contributed by atoms with Gasteiger partial charge in [-0.1, -0.05) is 0 Å². The number of hydrogen-bond donors (Lipinski definition) is 3. The number of benzene rings is 1. The van der Waals surface area contributed by atoms with E-state index >= 15 is 0 Å². The van der Waals surface area contributed by atoms with Gasteiger partial charge < -0.3 is 25.6 Å². The molecule has 144 valence electrons. The zero-order valence-corrected chi connectivity index (χ0v) is 15.6. The van der Waals surface area contributed by atoms with Crippen LogP contribution in [0.2, 0.25) is 0 Å². The van der Waals surface area contributed by atoms with Crippen LogP contribution in [0, 0.1) is 0 Å². The molecule has 0 spiro atoms. The molecule has 0 unspecified atom stereocenters. The number of nitrogens with zero attached hydrogens (tertiary/aromatic N) is 3. The molecule has 0 bridgehead atoms. The first-order valence-electron chi connectivity index (χ1n) is 9.33. The van der Waals surface area contributed by atoms with Gasteiger partial charge in [-0.2, -0.15) is 0 Å². The van der Waals surface area contributed by atoms with Gasteiger partial charge in [0.1, 0.15) is 23.7 Å². The molecular weight excluding hydrogens is 344 g/mol. The minimum Gasteiger partial charge on any atom is -0.494 e. The normalized spacial score (nSPS) is 13.3. The number of anilines is 3. The SMILES string of the molecule is CCOc1ccc(NC(=O)NCCNc2cc(N3CCCC3)ncn2)cc1. The van der Waals surface area contributed by atoms with Crippen LogP contribution in [0.15, 0.2) is 36.7 Å². The summed E-state index contributed by atoms with van der Waals surface area (Å²) in [5.41, 5.74) is 0.718. The third-order valence-electron chi connectivity index (χ3n) is 4.22. The van der Waals surface area contributed by atoms with Gasteiger partial charge >= 0.3 is 6.03 Å². The summed E-state index contributed by atoms with van der Waals surface area (Å²) in [6, 6.07) is 8.97. The quantitative estimate of drug-likeness (QED) is 0.619. The summed E-state index contributed by atoms with van der Waals surface area (Å²) >= 11 is 0. The Hall–Kier alpha value is -3.03. The van der Waals surface area contributed by atoms with Gasteiger partial charge in [0.25, 0.3) is 0 Å². The van der Waals surface area contributed by atoms with Crippen molar-refractivity contribution in [2.24, 2.45) is 0 Å². The first-order chi connectivity index (χ1) is 13.2. The van der Waals surface area contributed by atoms with E-state index in [9.17, 15) is 4.79 Å². The molecule has 0 radical (unpaired) electrons. The van der Waals surface area contributed by atoms with Gasteiger partial charge in [0.15, 0.2) is 0 Å². The van der Waals surface area contributed by atoms with Crippen LogP contribution >= 0.6 is 0 Å². The van der Waals surface area contributed by atoms with Crippen LogP contribution in [0.5, 0.6) is 5.75 Å². The molecular formula is C19H26N6O2. The summed E-state index contributed by atoms with van der Waals surface area (Å²) in [4.78, 5) is 22.8. The molecule has 0 atom stereocenters. The van der Waals surface area contributed by atoms with Crippen molar-refractivity contribution < 1.29 is 9.53 Å². The zero-order chi connectivity index (χ0) is 18.9. The Labute approximate surface area is 159 Å². The Balaban J connectivity index is 1.38. The second-order valence-corrected chi connectivity index (χ2v) is 6.22. The van der Waals surface area contributed by atoms with Crippen LogP contribution in [0.4, 0.5) is 22.1 Å². The van der Waals surface area contributed by atoms with Crippen LogP contribution in [-0.2, 0) is 0 Å². The highest BCUT2D eigenvalue weighted by molar-refractivity contribution is 5.89. The highest BCUT2D eigenvalue weighted by Crippen LogP contribution is 2.19. The predicted octanol–water partition coefficient (Wildman–Crippen LogP) is 2.71. The number of carbonyl (C=O) groups excluding carboxylic acids is 1. The molecule has 2 amide bonds. The Morgan fingerprint density at radius 3 is 2.67 bits per heavy atom. The Kier molecular flexibility index (Phi) is 6.67. The predicted molar refractivity (Wildman–Crippen MR) is 107 cm³/mol. The highest BCUT2D eigenvalue weighted by atomic mass is 16.5. The maximum Gasteiger partial charge on any atom is 0.319 e. The fourth-order valence-corrected chi connectivity index (χ4v) is 2.91. The lowest BCUT2D eigenvalue weighted by molar-refractivity contribution is 0.252. The molecule has 2 aromatic rings. The molecule has 1 saturated heterocycles. The van der Waals surface area contributed by atoms with Crippen molar-refractivity contribution >= 4 is 23.4 Å². The number of ether oxygens (including phenoxy) is 1. The summed E-state index contributed by atoms with van der Waals surface area (Å²) in [6.07, 6.45) is 3.99. The van der Waals surface area contributed by atoms with Crippen molar-refractivity contribution in [3.05, 3.63) is 36.7 Å². The summed E-state index contributed by atoms with van der Waals surface area (Å²) in [5, 5.41) is 8.82. The number of nitrogens with one attached hydrogen (secondary N) is 3. The van der Waals surface area contributed by atoms with E-state index < -0.39 is 0 Å². The van der Waals surface area contributed by atoms with Crippen LogP contribution < -0.4 is 25.6 Å². The second-order valence-electron chi connectivity index (χ2n) is 6.22. The van der Waals surface area contributed by atoms with Crippen LogP contribution in [-0.4, -0.2) is 48.8 Å². The van der Waals surface area contributed by atoms with Crippen LogP contribution in [0.3, 0.4) is 0 Å². The molecule has 0 aliphatic carbocycles. The van der Waals surface area contributed by atoms with E-state index in [-0.39, 0.29) is 6.03 Å². The Morgan fingerprint density at radius 2 is 1.93 bits per heavy atom. The molecule has 1 aromatic carbocycles. The van der Waals surface area contributed by atoms with Crippen molar-refractivity contribution in [3.8, 4) is 5.75 Å². The van der Waals surface area contributed by atoms with E-state index in [2.05, 4.69) is 30.8 Å². The van der Waals surface area contributed by atoms with E-state index in [0.717, 1.165) is 36.2 Å². The fraction of sp³-hybridized carbons (Fsp3) is 0.421. The molecule has 8 nitrogen and oxygen atoms in total. The minimum atomic E-state index is -0.249. The van der Waals surface area contributed by atoms with E-state index in [1.807, 2.05) is 37.3 Å². The number of amides is 2. The average molecular weight is 370 g/mol. The van der Waals surface area contributed by atoms with Gasteiger partial charge in [0, 0.05) is 37.9 Å². The molecule has 1 fully saturated rings. The summed E-state index contributed by atoms with van der Waals surface area (Å²) < 4.78 is 5.38. The number of hydrogen-bond acceptors (Lipinski definition) is 6. The molecule has 3 N–H and O–H groups in total. The molecule has 3 rings (SSSR count). The van der Waals surface area contributed by atoms with Gasteiger partial charge in [0.05, 0.1) is 6.61 Å². The lowest BCUT2D eigenvalue weighted by Crippen LogP contribution is -2.32. The lowest BCUT2D eigenvalue weighted by Gasteiger charge is -2.16. The molecule has 0 saturated carbocycles. The minimum absolute atomic E-state index is 0.249. The molecule has 27 heavy (non-hydrogen) atoms. The van der Waals surface area contributed by atoms with E-state index in [0.29, 0.717) is 19.7 Å². The molecule has 1 aliphatic rings. The summed E-state index contributed by atoms with van der Waals surface area (Å²) in [7, 11) is 0. The maximum absolute atomic E-state index is 11.9. The number of carbonyl (C=O) groups is 1. The van der Waals surface area contributed by atoms with E-state index in [4.69, 9.17) is 4.74 Å². The second kappa shape index (κ2) is 9.61. The first-order valence-corrected chi connectivity index (χ1v) is 9.33. The maximum atomic E-state index is 11.9. The topological polar surface area (TPSA) is 91.4 Å². The Morgan fingerprint density at radius 1 is 1.15 bits per heavy atom. The third kappa shape index (κ3) is 5.73. The average Bonchev–Trinajstić information content (AvgIpc) is 3.22. The highest BCUT2D eigenvalue weighted by Gasteiger charge is 2.13. The lowest BCUT2D eigenvalue weighted by atomic mass is 10.3. The summed E-state index contributed by atoms with van der Waals surface area (Å²) in [6.45, 7) is 5.70. The number of rotatable bonds is 8. The smallest absolute Gasteiger partial charge is 0.319 e. The van der Waals surface area contributed by atoms with Crippen molar-refractivity contribution in [3.63, 3.8) is 0 Å². The van der Waals surface area contributed by atoms with Crippen LogP contribution in [0.1, 0.15) is 19.8 Å². The standard InChI is InChI=1S/C19H26N6O2/c1-2-27-16-7-5-15(6-8-16)24-19(26)21-10-9-20-17-13-18(23-14-22-17)25-11-3-4-12-25/h5-8,13-14H,2-4,9-12H2,1H3,(H,20,22,23)(H2,21,24,26). The van der Waals surface area contributed by atoms with Gasteiger partial charge in [0.2, 0.25) is 0 Å². The van der Waals surface area contributed by atoms with Gasteiger partial charge in [-0.05, 0) is 44.0 Å². The van der Waals surface area contributed by atoms with Crippen molar-refractivity contribution in [2.75, 3.05) is 48.3 Å². The largest absolute Gasteiger partial charge is 0.494 e.